The number of benzene rings is 3. The number of hydrogen-bond acceptors (Lipinski definition) is 5. The van der Waals surface area contributed by atoms with Gasteiger partial charge in [-0.1, -0.05) is 18.2 Å². The molecule has 0 heterocycles. The highest BCUT2D eigenvalue weighted by Crippen LogP contribution is 2.32. The minimum Gasteiger partial charge on any atom is -0.258 e. The molecule has 0 spiro atoms. The van der Waals surface area contributed by atoms with Crippen molar-refractivity contribution in [2.45, 2.75) is 14.7 Å². The van der Waals surface area contributed by atoms with Crippen molar-refractivity contribution >= 4 is 28.2 Å². The summed E-state index contributed by atoms with van der Waals surface area (Å²) in [6, 6.07) is 18.7. The second-order valence-electron chi connectivity index (χ2n) is 5.30. The fourth-order valence-corrected chi connectivity index (χ4v) is 3.99. The summed E-state index contributed by atoms with van der Waals surface area (Å²) in [5, 5.41) is 10.8. The largest absolute Gasteiger partial charge is 0.269 e. The molecule has 0 saturated heterocycles. The van der Waals surface area contributed by atoms with E-state index in [1.807, 2.05) is 0 Å². The zero-order valence-corrected chi connectivity index (χ0v) is 14.6. The van der Waals surface area contributed by atoms with Gasteiger partial charge in [-0.3, -0.25) is 10.1 Å². The molecule has 0 aliphatic carbocycles. The van der Waals surface area contributed by atoms with Gasteiger partial charge in [-0.25, -0.2) is 8.42 Å². The lowest BCUT2D eigenvalue weighted by molar-refractivity contribution is -0.384. The molecule has 0 atom stereocenters. The quantitative estimate of drug-likeness (QED) is 0.419. The van der Waals surface area contributed by atoms with E-state index in [1.54, 1.807) is 36.4 Å². The van der Waals surface area contributed by atoms with E-state index in [0.717, 1.165) is 0 Å². The van der Waals surface area contributed by atoms with Crippen molar-refractivity contribution in [3.63, 3.8) is 0 Å². The zero-order chi connectivity index (χ0) is 18.0. The van der Waals surface area contributed by atoms with E-state index >= 15 is 0 Å². The minimum atomic E-state index is -3.65. The fourth-order valence-electron chi connectivity index (χ4n) is 2.41. The Balaban J connectivity index is 2.09. The van der Waals surface area contributed by atoms with Crippen molar-refractivity contribution in [2.75, 3.05) is 0 Å². The van der Waals surface area contributed by atoms with Crippen LogP contribution in [0.1, 0.15) is 0 Å². The van der Waals surface area contributed by atoms with Crippen LogP contribution < -0.4 is 0 Å². The van der Waals surface area contributed by atoms with Crippen LogP contribution in [0.2, 0.25) is 0 Å². The number of rotatable bonds is 4. The first-order valence-electron chi connectivity index (χ1n) is 7.27. The average molecular weight is 371 g/mol. The Bertz CT molecular complexity index is 1030. The summed E-state index contributed by atoms with van der Waals surface area (Å²) in [5.41, 5.74) is 1.22. The van der Waals surface area contributed by atoms with Gasteiger partial charge < -0.3 is 0 Å². The maximum atomic E-state index is 12.8. The third kappa shape index (κ3) is 3.42. The lowest BCUT2D eigenvalue weighted by atomic mass is 10.1. The normalized spacial score (nSPS) is 11.2. The molecule has 0 bridgehead atoms. The maximum absolute atomic E-state index is 12.8. The summed E-state index contributed by atoms with van der Waals surface area (Å²) in [7, 11) is -3.65. The SMILES string of the molecule is O=[N+]([O-])c1ccc(-c2cc(S(=O)(=O)c3ccccc3)ccc2S)cc1. The second-order valence-corrected chi connectivity index (χ2v) is 7.73. The van der Waals surface area contributed by atoms with Crippen LogP contribution in [0, 0.1) is 10.1 Å². The second kappa shape index (κ2) is 6.70. The molecule has 0 aliphatic heterocycles. The summed E-state index contributed by atoms with van der Waals surface area (Å²) in [5.74, 6) is 0. The Kier molecular flexibility index (Phi) is 4.61. The summed E-state index contributed by atoms with van der Waals surface area (Å²) in [6.07, 6.45) is 0. The molecular weight excluding hydrogens is 358 g/mol. The van der Waals surface area contributed by atoms with Gasteiger partial charge >= 0.3 is 0 Å². The number of non-ortho nitro benzene ring substituents is 1. The van der Waals surface area contributed by atoms with Gasteiger partial charge in [0, 0.05) is 17.0 Å². The van der Waals surface area contributed by atoms with E-state index in [2.05, 4.69) is 12.6 Å². The summed E-state index contributed by atoms with van der Waals surface area (Å²) in [6.45, 7) is 0. The average Bonchev–Trinajstić information content (AvgIpc) is 2.63. The highest BCUT2D eigenvalue weighted by molar-refractivity contribution is 7.91. The summed E-state index contributed by atoms with van der Waals surface area (Å²) < 4.78 is 25.5. The van der Waals surface area contributed by atoms with Crippen LogP contribution >= 0.6 is 12.6 Å². The molecule has 3 rings (SSSR count). The van der Waals surface area contributed by atoms with Gasteiger partial charge in [-0.05, 0) is 53.6 Å². The van der Waals surface area contributed by atoms with E-state index < -0.39 is 14.8 Å². The highest BCUT2D eigenvalue weighted by atomic mass is 32.2. The predicted octanol–water partition coefficient (Wildman–Crippen LogP) is 4.38. The first kappa shape index (κ1) is 17.2. The van der Waals surface area contributed by atoms with E-state index in [0.29, 0.717) is 16.0 Å². The van der Waals surface area contributed by atoms with Gasteiger partial charge in [0.05, 0.1) is 14.7 Å². The lowest BCUT2D eigenvalue weighted by Gasteiger charge is -2.10. The summed E-state index contributed by atoms with van der Waals surface area (Å²) >= 11 is 4.38. The Morgan fingerprint density at radius 2 is 1.48 bits per heavy atom. The molecule has 0 radical (unpaired) electrons. The van der Waals surface area contributed by atoms with Crippen LogP contribution in [0.25, 0.3) is 11.1 Å². The highest BCUT2D eigenvalue weighted by Gasteiger charge is 2.19. The van der Waals surface area contributed by atoms with Crippen LogP contribution in [0.3, 0.4) is 0 Å². The van der Waals surface area contributed by atoms with Crippen LogP contribution in [0.4, 0.5) is 5.69 Å². The molecule has 3 aromatic rings. The number of hydrogen-bond donors (Lipinski definition) is 1. The van der Waals surface area contributed by atoms with Crippen LogP contribution in [0.5, 0.6) is 0 Å². The fraction of sp³-hybridized carbons (Fsp3) is 0. The Labute approximate surface area is 150 Å². The molecule has 0 amide bonds. The van der Waals surface area contributed by atoms with Crippen molar-refractivity contribution in [1.29, 1.82) is 0 Å². The Hall–Kier alpha value is -2.64. The topological polar surface area (TPSA) is 77.3 Å². The molecule has 3 aromatic carbocycles. The molecule has 5 nitrogen and oxygen atoms in total. The standard InChI is InChI=1S/C18H13NO4S2/c20-19(21)14-8-6-13(7-9-14)17-12-16(10-11-18(17)24)25(22,23)15-4-2-1-3-5-15/h1-12,24H. The zero-order valence-electron chi connectivity index (χ0n) is 12.9. The van der Waals surface area contributed by atoms with Crippen LogP contribution in [-0.4, -0.2) is 13.3 Å². The van der Waals surface area contributed by atoms with Crippen molar-refractivity contribution < 1.29 is 13.3 Å². The van der Waals surface area contributed by atoms with Crippen molar-refractivity contribution in [3.8, 4) is 11.1 Å². The maximum Gasteiger partial charge on any atom is 0.269 e. The molecule has 0 saturated carbocycles. The predicted molar refractivity (Wildman–Crippen MR) is 97.7 cm³/mol. The van der Waals surface area contributed by atoms with Gasteiger partial charge in [0.2, 0.25) is 9.84 Å². The Morgan fingerprint density at radius 1 is 0.840 bits per heavy atom. The number of sulfone groups is 1. The Morgan fingerprint density at radius 3 is 2.08 bits per heavy atom. The van der Waals surface area contributed by atoms with Crippen molar-refractivity contribution in [1.82, 2.24) is 0 Å². The third-order valence-corrected chi connectivity index (χ3v) is 5.88. The molecule has 0 fully saturated rings. The molecule has 0 aromatic heterocycles. The van der Waals surface area contributed by atoms with E-state index in [4.69, 9.17) is 0 Å². The smallest absolute Gasteiger partial charge is 0.258 e. The van der Waals surface area contributed by atoms with Gasteiger partial charge in [-0.2, -0.15) is 0 Å². The number of thiol groups is 1. The number of nitrogens with zero attached hydrogens (tertiary/aromatic N) is 1. The van der Waals surface area contributed by atoms with E-state index in [1.165, 1.54) is 36.4 Å². The van der Waals surface area contributed by atoms with Crippen molar-refractivity contribution in [3.05, 3.63) is 82.9 Å². The van der Waals surface area contributed by atoms with Gasteiger partial charge in [0.1, 0.15) is 0 Å². The molecule has 126 valence electrons. The minimum absolute atomic E-state index is 0.0301. The van der Waals surface area contributed by atoms with Gasteiger partial charge in [0.15, 0.2) is 0 Å². The molecular formula is C18H13NO4S2. The monoisotopic (exact) mass is 371 g/mol. The molecule has 25 heavy (non-hydrogen) atoms. The van der Waals surface area contributed by atoms with E-state index in [-0.39, 0.29) is 15.5 Å². The molecule has 0 unspecified atom stereocenters. The van der Waals surface area contributed by atoms with Crippen LogP contribution in [0.15, 0.2) is 87.5 Å². The summed E-state index contributed by atoms with van der Waals surface area (Å²) in [4.78, 5) is 11.2. The molecule has 7 heteroatoms. The van der Waals surface area contributed by atoms with E-state index in [9.17, 15) is 18.5 Å². The molecule has 0 N–H and O–H groups in total. The lowest BCUT2D eigenvalue weighted by Crippen LogP contribution is -2.02. The molecule has 0 aliphatic rings. The number of nitro benzene ring substituents is 1. The van der Waals surface area contributed by atoms with Gasteiger partial charge in [-0.15, -0.1) is 12.6 Å². The number of nitro groups is 1. The first-order chi connectivity index (χ1) is 11.9. The third-order valence-electron chi connectivity index (χ3n) is 3.72. The van der Waals surface area contributed by atoms with Crippen molar-refractivity contribution in [2.24, 2.45) is 0 Å². The van der Waals surface area contributed by atoms with Crippen LogP contribution in [-0.2, 0) is 9.84 Å². The van der Waals surface area contributed by atoms with Gasteiger partial charge in [0.25, 0.3) is 5.69 Å². The first-order valence-corrected chi connectivity index (χ1v) is 9.20.